The van der Waals surface area contributed by atoms with Gasteiger partial charge in [0.25, 0.3) is 0 Å². The Hall–Kier alpha value is -0.340. The molecule has 0 radical (unpaired) electrons. The van der Waals surface area contributed by atoms with E-state index < -0.39 is 0 Å². The van der Waals surface area contributed by atoms with Crippen LogP contribution in [-0.2, 0) is 4.74 Å². The van der Waals surface area contributed by atoms with Gasteiger partial charge in [0.2, 0.25) is 0 Å². The lowest BCUT2D eigenvalue weighted by molar-refractivity contribution is 0.0769. The predicted octanol–water partition coefficient (Wildman–Crippen LogP) is 1.49. The normalized spacial score (nSPS) is 25.0. The van der Waals surface area contributed by atoms with Gasteiger partial charge in [0.05, 0.1) is 6.10 Å². The number of allylic oxidation sites excluding steroid dienone is 1. The molecule has 1 N–H and O–H groups in total. The molecule has 0 aromatic heterocycles. The Morgan fingerprint density at radius 1 is 1.55 bits per heavy atom. The van der Waals surface area contributed by atoms with Crippen LogP contribution in [0.1, 0.15) is 25.7 Å². The number of rotatable bonds is 3. The second-order valence-electron chi connectivity index (χ2n) is 2.85. The Morgan fingerprint density at radius 2 is 2.45 bits per heavy atom. The van der Waals surface area contributed by atoms with Gasteiger partial charge < -0.3 is 9.84 Å². The average molecular weight is 156 g/mol. The highest BCUT2D eigenvalue weighted by atomic mass is 16.5. The fourth-order valence-corrected chi connectivity index (χ4v) is 1.21. The molecule has 0 fully saturated rings. The molecule has 1 heterocycles. The predicted molar refractivity (Wildman–Crippen MR) is 44.4 cm³/mol. The van der Waals surface area contributed by atoms with E-state index in [1.807, 2.05) is 0 Å². The lowest BCUT2D eigenvalue weighted by Gasteiger charge is -2.10. The van der Waals surface area contributed by atoms with Crippen molar-refractivity contribution in [3.8, 4) is 0 Å². The van der Waals surface area contributed by atoms with Gasteiger partial charge in [0.1, 0.15) is 0 Å². The maximum absolute atomic E-state index is 8.59. The Bertz CT molecular complexity index is 121. The summed E-state index contributed by atoms with van der Waals surface area (Å²) in [5.41, 5.74) is 0. The first-order valence-corrected chi connectivity index (χ1v) is 4.32. The first-order chi connectivity index (χ1) is 5.43. The van der Waals surface area contributed by atoms with Crippen LogP contribution in [0.4, 0.5) is 0 Å². The van der Waals surface area contributed by atoms with Gasteiger partial charge in [-0.05, 0) is 25.7 Å². The maximum Gasteiger partial charge on any atom is 0.0756 e. The summed E-state index contributed by atoms with van der Waals surface area (Å²) in [4.78, 5) is 0. The highest BCUT2D eigenvalue weighted by Crippen LogP contribution is 2.09. The van der Waals surface area contributed by atoms with E-state index in [1.54, 1.807) is 0 Å². The molecule has 11 heavy (non-hydrogen) atoms. The standard InChI is InChI=1S/C9H16O2/c10-7-4-6-9-5-2-1-3-8-11-9/h2,5,9-10H,1,3-4,6-8H2/t9-/m0/s1. The van der Waals surface area contributed by atoms with E-state index >= 15 is 0 Å². The van der Waals surface area contributed by atoms with E-state index in [2.05, 4.69) is 12.2 Å². The van der Waals surface area contributed by atoms with Crippen molar-refractivity contribution in [3.63, 3.8) is 0 Å². The van der Waals surface area contributed by atoms with E-state index in [0.717, 1.165) is 32.3 Å². The van der Waals surface area contributed by atoms with Crippen molar-refractivity contribution in [1.82, 2.24) is 0 Å². The van der Waals surface area contributed by atoms with Gasteiger partial charge in [-0.15, -0.1) is 0 Å². The van der Waals surface area contributed by atoms with E-state index in [0.29, 0.717) is 0 Å². The van der Waals surface area contributed by atoms with Gasteiger partial charge in [-0.25, -0.2) is 0 Å². The van der Waals surface area contributed by atoms with Crippen LogP contribution in [-0.4, -0.2) is 24.4 Å². The van der Waals surface area contributed by atoms with Crippen LogP contribution in [0.2, 0.25) is 0 Å². The van der Waals surface area contributed by atoms with E-state index in [-0.39, 0.29) is 12.7 Å². The Kier molecular flexibility index (Phi) is 4.24. The van der Waals surface area contributed by atoms with Crippen molar-refractivity contribution in [2.24, 2.45) is 0 Å². The highest BCUT2D eigenvalue weighted by Gasteiger charge is 2.05. The van der Waals surface area contributed by atoms with Crippen LogP contribution >= 0.6 is 0 Å². The first kappa shape index (κ1) is 8.75. The number of ether oxygens (including phenoxy) is 1. The molecule has 2 heteroatoms. The molecule has 2 nitrogen and oxygen atoms in total. The molecule has 1 aliphatic heterocycles. The molecule has 0 spiro atoms. The number of hydrogen-bond donors (Lipinski definition) is 1. The molecule has 1 rings (SSSR count). The third-order valence-electron chi connectivity index (χ3n) is 1.84. The third-order valence-corrected chi connectivity index (χ3v) is 1.84. The van der Waals surface area contributed by atoms with Gasteiger partial charge in [-0.1, -0.05) is 12.2 Å². The number of aliphatic hydroxyl groups is 1. The fourth-order valence-electron chi connectivity index (χ4n) is 1.21. The zero-order valence-corrected chi connectivity index (χ0v) is 6.83. The molecule has 0 bridgehead atoms. The third kappa shape index (κ3) is 3.54. The molecule has 0 amide bonds. The van der Waals surface area contributed by atoms with Gasteiger partial charge in [-0.2, -0.15) is 0 Å². The summed E-state index contributed by atoms with van der Waals surface area (Å²) < 4.78 is 5.51. The molecule has 0 aliphatic carbocycles. The van der Waals surface area contributed by atoms with Gasteiger partial charge >= 0.3 is 0 Å². The van der Waals surface area contributed by atoms with Crippen molar-refractivity contribution in [2.75, 3.05) is 13.2 Å². The zero-order chi connectivity index (χ0) is 7.94. The quantitative estimate of drug-likeness (QED) is 0.627. The molecule has 1 aliphatic rings. The number of hydrogen-bond acceptors (Lipinski definition) is 2. The summed E-state index contributed by atoms with van der Waals surface area (Å²) in [5.74, 6) is 0. The van der Waals surface area contributed by atoms with Crippen LogP contribution in [0.15, 0.2) is 12.2 Å². The Morgan fingerprint density at radius 3 is 3.27 bits per heavy atom. The molecule has 1 atom stereocenters. The van der Waals surface area contributed by atoms with Crippen molar-refractivity contribution >= 4 is 0 Å². The topological polar surface area (TPSA) is 29.5 Å². The smallest absolute Gasteiger partial charge is 0.0756 e. The number of aliphatic hydroxyl groups excluding tert-OH is 1. The molecule has 0 aromatic carbocycles. The summed E-state index contributed by atoms with van der Waals surface area (Å²) >= 11 is 0. The van der Waals surface area contributed by atoms with Crippen LogP contribution in [0, 0.1) is 0 Å². The Balaban J connectivity index is 2.19. The summed E-state index contributed by atoms with van der Waals surface area (Å²) in [6.45, 7) is 1.14. The van der Waals surface area contributed by atoms with Crippen molar-refractivity contribution < 1.29 is 9.84 Å². The van der Waals surface area contributed by atoms with E-state index in [9.17, 15) is 0 Å². The SMILES string of the molecule is OCCC[C@@H]1C=CCCCO1. The van der Waals surface area contributed by atoms with Gasteiger partial charge in [0, 0.05) is 13.2 Å². The van der Waals surface area contributed by atoms with Crippen molar-refractivity contribution in [1.29, 1.82) is 0 Å². The van der Waals surface area contributed by atoms with Crippen LogP contribution < -0.4 is 0 Å². The first-order valence-electron chi connectivity index (χ1n) is 4.32. The minimum atomic E-state index is 0.254. The van der Waals surface area contributed by atoms with Gasteiger partial charge in [0.15, 0.2) is 0 Å². The Labute approximate surface area is 67.9 Å². The molecule has 0 unspecified atom stereocenters. The summed E-state index contributed by atoms with van der Waals surface area (Å²) in [6.07, 6.45) is 8.60. The fraction of sp³-hybridized carbons (Fsp3) is 0.778. The monoisotopic (exact) mass is 156 g/mol. The summed E-state index contributed by atoms with van der Waals surface area (Å²) in [5, 5.41) is 8.59. The lowest BCUT2D eigenvalue weighted by Crippen LogP contribution is -2.09. The molecule has 0 aromatic rings. The van der Waals surface area contributed by atoms with Gasteiger partial charge in [-0.3, -0.25) is 0 Å². The van der Waals surface area contributed by atoms with E-state index in [1.165, 1.54) is 0 Å². The lowest BCUT2D eigenvalue weighted by atomic mass is 10.2. The zero-order valence-electron chi connectivity index (χ0n) is 6.83. The summed E-state index contributed by atoms with van der Waals surface area (Å²) in [6, 6.07) is 0. The summed E-state index contributed by atoms with van der Waals surface area (Å²) in [7, 11) is 0. The van der Waals surface area contributed by atoms with Crippen LogP contribution in [0.5, 0.6) is 0 Å². The maximum atomic E-state index is 8.59. The largest absolute Gasteiger partial charge is 0.396 e. The molecule has 0 saturated heterocycles. The minimum absolute atomic E-state index is 0.254. The van der Waals surface area contributed by atoms with Crippen molar-refractivity contribution in [2.45, 2.75) is 31.8 Å². The minimum Gasteiger partial charge on any atom is -0.396 e. The van der Waals surface area contributed by atoms with E-state index in [4.69, 9.17) is 9.84 Å². The van der Waals surface area contributed by atoms with Crippen LogP contribution in [0.25, 0.3) is 0 Å². The second-order valence-corrected chi connectivity index (χ2v) is 2.85. The molecular weight excluding hydrogens is 140 g/mol. The molecule has 0 saturated carbocycles. The second kappa shape index (κ2) is 5.33. The highest BCUT2D eigenvalue weighted by molar-refractivity contribution is 4.91. The molecule has 64 valence electrons. The van der Waals surface area contributed by atoms with Crippen molar-refractivity contribution in [3.05, 3.63) is 12.2 Å². The van der Waals surface area contributed by atoms with Crippen LogP contribution in [0.3, 0.4) is 0 Å². The average Bonchev–Trinajstić information content (AvgIpc) is 2.28. The molecular formula is C9H16O2.